The van der Waals surface area contributed by atoms with E-state index in [4.69, 9.17) is 0 Å². The highest BCUT2D eigenvalue weighted by atomic mass is 15.3. The molecule has 0 radical (unpaired) electrons. The molecule has 8 unspecified atom stereocenters. The van der Waals surface area contributed by atoms with Crippen LogP contribution in [0, 0.1) is 59.2 Å². The van der Waals surface area contributed by atoms with Crippen LogP contribution in [0.2, 0.25) is 0 Å². The first kappa shape index (κ1) is 43.3. The van der Waals surface area contributed by atoms with Gasteiger partial charge in [0.2, 0.25) is 0 Å². The quantitative estimate of drug-likeness (QED) is 0.203. The molecular formula is C58H96N2. The van der Waals surface area contributed by atoms with Crippen LogP contribution in [0.4, 0.5) is 0 Å². The third-order valence-corrected chi connectivity index (χ3v) is 21.0. The molecule has 10 saturated carbocycles. The molecule has 10 rings (SSSR count). The molecule has 0 N–H and O–H groups in total. The summed E-state index contributed by atoms with van der Waals surface area (Å²) in [5, 5.41) is 0. The summed E-state index contributed by atoms with van der Waals surface area (Å²) >= 11 is 0. The van der Waals surface area contributed by atoms with Gasteiger partial charge in [0.15, 0.2) is 0 Å². The van der Waals surface area contributed by atoms with E-state index >= 15 is 0 Å². The second-order valence-corrected chi connectivity index (χ2v) is 24.4. The number of allylic oxidation sites excluding steroid dienone is 4. The van der Waals surface area contributed by atoms with Crippen LogP contribution in [0.25, 0.3) is 0 Å². The Balaban J connectivity index is 0.947. The Morgan fingerprint density at radius 1 is 0.233 bits per heavy atom. The van der Waals surface area contributed by atoms with Gasteiger partial charge >= 0.3 is 0 Å². The largest absolute Gasteiger partial charge is 0.294 e. The molecule has 2 nitrogen and oxygen atoms in total. The Kier molecular flexibility index (Phi) is 15.3. The standard InChI is InChI=1S/C58H96N2/c1-5-17-43(18-6-1)29-31-45-33-37-51(38-34-45)59(49-23-9-3-10-24-49)57-53-27-15-16-28-54(53)58(56-42-48-22-14-13-21-47(48)41-55(56)57)60(50-25-11-4-12-26-50)52-39-35-46(36-40-52)32-30-44-19-7-2-8-20-44/h29-32,43-58H,1-28,33-42H2. The number of rotatable bonds is 10. The fourth-order valence-electron chi connectivity index (χ4n) is 18.1. The summed E-state index contributed by atoms with van der Waals surface area (Å²) in [5.74, 6) is 9.50. The predicted molar refractivity (Wildman–Crippen MR) is 255 cm³/mol. The second-order valence-electron chi connectivity index (χ2n) is 24.4. The van der Waals surface area contributed by atoms with Gasteiger partial charge in [-0.2, -0.15) is 0 Å². The van der Waals surface area contributed by atoms with Crippen molar-refractivity contribution in [2.75, 3.05) is 0 Å². The van der Waals surface area contributed by atoms with E-state index in [1.807, 2.05) is 0 Å². The monoisotopic (exact) mass is 821 g/mol. The Bertz CT molecular complexity index is 1220. The van der Waals surface area contributed by atoms with E-state index in [0.717, 1.165) is 95.4 Å². The maximum Gasteiger partial charge on any atom is 0.0164 e. The zero-order valence-corrected chi connectivity index (χ0v) is 39.3. The highest BCUT2D eigenvalue weighted by Crippen LogP contribution is 2.60. The zero-order chi connectivity index (χ0) is 40.1. The lowest BCUT2D eigenvalue weighted by atomic mass is 9.50. The minimum atomic E-state index is 0.863. The van der Waals surface area contributed by atoms with Gasteiger partial charge in [-0.05, 0) is 188 Å². The third-order valence-electron chi connectivity index (χ3n) is 21.0. The van der Waals surface area contributed by atoms with Gasteiger partial charge in [-0.1, -0.05) is 140 Å². The first-order valence-electron chi connectivity index (χ1n) is 28.7. The summed E-state index contributed by atoms with van der Waals surface area (Å²) in [6, 6.07) is 5.31. The molecule has 10 aliphatic rings. The van der Waals surface area contributed by atoms with Gasteiger partial charge in [0.1, 0.15) is 0 Å². The molecule has 0 heterocycles. The van der Waals surface area contributed by atoms with Gasteiger partial charge in [0, 0.05) is 36.3 Å². The molecule has 0 bridgehead atoms. The van der Waals surface area contributed by atoms with Crippen molar-refractivity contribution in [3.63, 3.8) is 0 Å². The fourth-order valence-corrected chi connectivity index (χ4v) is 18.1. The number of nitrogens with zero attached hydrogens (tertiary/aromatic N) is 2. The summed E-state index contributed by atoms with van der Waals surface area (Å²) in [6.45, 7) is 0. The van der Waals surface area contributed by atoms with Crippen LogP contribution in [-0.2, 0) is 0 Å². The summed E-state index contributed by atoms with van der Waals surface area (Å²) in [5.41, 5.74) is 0. The zero-order valence-electron chi connectivity index (χ0n) is 39.3. The lowest BCUT2D eigenvalue weighted by molar-refractivity contribution is -0.161. The van der Waals surface area contributed by atoms with Gasteiger partial charge in [-0.15, -0.1) is 0 Å². The molecule has 0 aliphatic heterocycles. The van der Waals surface area contributed by atoms with Crippen LogP contribution >= 0.6 is 0 Å². The first-order valence-corrected chi connectivity index (χ1v) is 28.7. The summed E-state index contributed by atoms with van der Waals surface area (Å²) < 4.78 is 0. The van der Waals surface area contributed by atoms with E-state index < -0.39 is 0 Å². The normalized spacial score (nSPS) is 42.4. The van der Waals surface area contributed by atoms with Gasteiger partial charge < -0.3 is 0 Å². The van der Waals surface area contributed by atoms with Crippen LogP contribution in [0.15, 0.2) is 24.3 Å². The van der Waals surface area contributed by atoms with Crippen LogP contribution in [-0.4, -0.2) is 46.1 Å². The molecule has 0 spiro atoms. The average molecular weight is 821 g/mol. The molecule has 0 amide bonds. The van der Waals surface area contributed by atoms with Crippen molar-refractivity contribution in [1.29, 1.82) is 0 Å². The van der Waals surface area contributed by atoms with Crippen molar-refractivity contribution in [2.45, 2.75) is 280 Å². The van der Waals surface area contributed by atoms with Crippen molar-refractivity contribution in [3.8, 4) is 0 Å². The molecule has 0 saturated heterocycles. The first-order chi connectivity index (χ1) is 29.8. The smallest absolute Gasteiger partial charge is 0.0164 e. The SMILES string of the molecule is C(=CC1CCC(N(C2CCCCC2)C2C3CCCCC3C(N(C3CCCCC3)C3CCC(C=CC4CCCCC4)CC3)C3CC4CCCCC4CC32)CC1)C1CCCCC1. The number of hydrogen-bond acceptors (Lipinski definition) is 2. The summed E-state index contributed by atoms with van der Waals surface area (Å²) in [6.07, 6.45) is 68.5. The van der Waals surface area contributed by atoms with Crippen LogP contribution < -0.4 is 0 Å². The maximum atomic E-state index is 3.52. The molecule has 2 heteroatoms. The molecule has 10 aliphatic carbocycles. The molecule has 338 valence electrons. The van der Waals surface area contributed by atoms with E-state index in [1.165, 1.54) is 205 Å². The molecule has 8 atom stereocenters. The van der Waals surface area contributed by atoms with Gasteiger partial charge in [0.25, 0.3) is 0 Å². The average Bonchev–Trinajstić information content (AvgIpc) is 3.32. The Morgan fingerprint density at radius 2 is 0.517 bits per heavy atom. The maximum absolute atomic E-state index is 3.52. The van der Waals surface area contributed by atoms with Crippen molar-refractivity contribution < 1.29 is 0 Å². The minimum absolute atomic E-state index is 0.863. The second kappa shape index (κ2) is 21.1. The lowest BCUT2D eigenvalue weighted by Crippen LogP contribution is -2.69. The predicted octanol–water partition coefficient (Wildman–Crippen LogP) is 16.0. The van der Waals surface area contributed by atoms with E-state index in [2.05, 4.69) is 34.1 Å². The van der Waals surface area contributed by atoms with E-state index in [9.17, 15) is 0 Å². The number of hydrogen-bond donors (Lipinski definition) is 0. The third kappa shape index (κ3) is 9.96. The van der Waals surface area contributed by atoms with E-state index in [-0.39, 0.29) is 0 Å². The topological polar surface area (TPSA) is 6.48 Å². The highest BCUT2D eigenvalue weighted by Gasteiger charge is 2.59. The minimum Gasteiger partial charge on any atom is -0.294 e. The Hall–Kier alpha value is -0.600. The molecule has 0 aromatic carbocycles. The summed E-state index contributed by atoms with van der Waals surface area (Å²) in [7, 11) is 0. The molecule has 60 heavy (non-hydrogen) atoms. The van der Waals surface area contributed by atoms with E-state index in [0.29, 0.717) is 0 Å². The molecule has 0 aromatic heterocycles. The van der Waals surface area contributed by atoms with Gasteiger partial charge in [0.05, 0.1) is 0 Å². The molecule has 10 fully saturated rings. The van der Waals surface area contributed by atoms with Gasteiger partial charge in [-0.25, -0.2) is 0 Å². The molecular weight excluding hydrogens is 725 g/mol. The lowest BCUT2D eigenvalue weighted by Gasteiger charge is -2.66. The van der Waals surface area contributed by atoms with E-state index in [1.54, 1.807) is 38.5 Å². The fraction of sp³-hybridized carbons (Fsp3) is 0.931. The van der Waals surface area contributed by atoms with Crippen LogP contribution in [0.5, 0.6) is 0 Å². The van der Waals surface area contributed by atoms with Crippen molar-refractivity contribution >= 4 is 0 Å². The summed E-state index contributed by atoms with van der Waals surface area (Å²) in [4.78, 5) is 7.05. The molecule has 0 aromatic rings. The highest BCUT2D eigenvalue weighted by molar-refractivity contribution is 5.12. The van der Waals surface area contributed by atoms with Gasteiger partial charge in [-0.3, -0.25) is 9.80 Å². The Labute approximate surface area is 372 Å². The Morgan fingerprint density at radius 3 is 0.883 bits per heavy atom. The van der Waals surface area contributed by atoms with Crippen LogP contribution in [0.3, 0.4) is 0 Å². The number of fused-ring (bicyclic) bond motifs is 3. The van der Waals surface area contributed by atoms with Crippen LogP contribution in [0.1, 0.15) is 244 Å². The van der Waals surface area contributed by atoms with Crippen molar-refractivity contribution in [1.82, 2.24) is 9.80 Å². The van der Waals surface area contributed by atoms with Crippen molar-refractivity contribution in [2.24, 2.45) is 59.2 Å². The van der Waals surface area contributed by atoms with Crippen molar-refractivity contribution in [3.05, 3.63) is 24.3 Å².